The SMILES string of the molecule is CCOc1cc(OC)ccc1C(=O)Cl. The number of benzene rings is 1. The van der Waals surface area contributed by atoms with Crippen LogP contribution in [0.1, 0.15) is 17.3 Å². The highest BCUT2D eigenvalue weighted by atomic mass is 35.5. The van der Waals surface area contributed by atoms with Crippen molar-refractivity contribution in [3.63, 3.8) is 0 Å². The zero-order valence-corrected chi connectivity index (χ0v) is 8.80. The van der Waals surface area contributed by atoms with Crippen LogP contribution in [0.25, 0.3) is 0 Å². The summed E-state index contributed by atoms with van der Waals surface area (Å²) in [6.45, 7) is 2.31. The molecule has 0 radical (unpaired) electrons. The van der Waals surface area contributed by atoms with Gasteiger partial charge in [-0.3, -0.25) is 4.79 Å². The second-order valence-electron chi connectivity index (χ2n) is 2.57. The van der Waals surface area contributed by atoms with Crippen molar-refractivity contribution in [3.8, 4) is 11.5 Å². The third-order valence-electron chi connectivity index (χ3n) is 1.70. The molecule has 0 spiro atoms. The number of carbonyl (C=O) groups excluding carboxylic acids is 1. The topological polar surface area (TPSA) is 35.5 Å². The van der Waals surface area contributed by atoms with E-state index in [4.69, 9.17) is 21.1 Å². The fourth-order valence-corrected chi connectivity index (χ4v) is 1.22. The molecule has 0 fully saturated rings. The van der Waals surface area contributed by atoms with Crippen LogP contribution in [-0.4, -0.2) is 19.0 Å². The Morgan fingerprint density at radius 3 is 2.71 bits per heavy atom. The van der Waals surface area contributed by atoms with E-state index in [-0.39, 0.29) is 0 Å². The van der Waals surface area contributed by atoms with Gasteiger partial charge < -0.3 is 9.47 Å². The first-order valence-electron chi connectivity index (χ1n) is 4.19. The molecule has 0 aliphatic heterocycles. The van der Waals surface area contributed by atoms with Crippen LogP contribution in [0.4, 0.5) is 0 Å². The Labute approximate surface area is 87.6 Å². The minimum Gasteiger partial charge on any atom is -0.497 e. The highest BCUT2D eigenvalue weighted by Gasteiger charge is 2.10. The average molecular weight is 215 g/mol. The van der Waals surface area contributed by atoms with Crippen molar-refractivity contribution in [2.45, 2.75) is 6.92 Å². The zero-order valence-electron chi connectivity index (χ0n) is 8.04. The monoisotopic (exact) mass is 214 g/mol. The average Bonchev–Trinajstić information content (AvgIpc) is 2.17. The van der Waals surface area contributed by atoms with Gasteiger partial charge in [0, 0.05) is 6.07 Å². The Hall–Kier alpha value is -1.22. The van der Waals surface area contributed by atoms with Gasteiger partial charge in [-0.1, -0.05) is 0 Å². The predicted octanol–water partition coefficient (Wildman–Crippen LogP) is 2.47. The van der Waals surface area contributed by atoms with Crippen LogP contribution in [0.2, 0.25) is 0 Å². The minimum atomic E-state index is -0.531. The molecule has 0 aliphatic rings. The molecule has 0 bridgehead atoms. The first kappa shape index (κ1) is 10.9. The summed E-state index contributed by atoms with van der Waals surface area (Å²) in [5.41, 5.74) is 0.356. The van der Waals surface area contributed by atoms with Gasteiger partial charge in [-0.2, -0.15) is 0 Å². The van der Waals surface area contributed by atoms with Crippen molar-refractivity contribution in [2.75, 3.05) is 13.7 Å². The molecule has 0 atom stereocenters. The molecule has 0 saturated heterocycles. The van der Waals surface area contributed by atoms with Gasteiger partial charge in [-0.05, 0) is 30.7 Å². The van der Waals surface area contributed by atoms with Crippen molar-refractivity contribution >= 4 is 16.8 Å². The third-order valence-corrected chi connectivity index (χ3v) is 1.90. The van der Waals surface area contributed by atoms with Crippen LogP contribution in [0.3, 0.4) is 0 Å². The largest absolute Gasteiger partial charge is 0.497 e. The molecule has 3 nitrogen and oxygen atoms in total. The molecule has 76 valence electrons. The summed E-state index contributed by atoms with van der Waals surface area (Å²) in [4.78, 5) is 11.0. The van der Waals surface area contributed by atoms with E-state index in [1.54, 1.807) is 25.3 Å². The van der Waals surface area contributed by atoms with Crippen molar-refractivity contribution in [3.05, 3.63) is 23.8 Å². The van der Waals surface area contributed by atoms with Crippen LogP contribution < -0.4 is 9.47 Å². The second kappa shape index (κ2) is 4.86. The molecule has 0 amide bonds. The molecule has 1 rings (SSSR count). The second-order valence-corrected chi connectivity index (χ2v) is 2.91. The van der Waals surface area contributed by atoms with Crippen LogP contribution in [0.15, 0.2) is 18.2 Å². The van der Waals surface area contributed by atoms with Crippen molar-refractivity contribution in [2.24, 2.45) is 0 Å². The summed E-state index contributed by atoms with van der Waals surface area (Å²) in [5, 5.41) is -0.531. The number of ether oxygens (including phenoxy) is 2. The van der Waals surface area contributed by atoms with Gasteiger partial charge in [0.1, 0.15) is 11.5 Å². The molecule has 0 saturated carbocycles. The van der Waals surface area contributed by atoms with Gasteiger partial charge in [-0.25, -0.2) is 0 Å². The summed E-state index contributed by atoms with van der Waals surface area (Å²) in [6.07, 6.45) is 0. The number of halogens is 1. The first-order chi connectivity index (χ1) is 6.69. The van der Waals surface area contributed by atoms with Crippen molar-refractivity contribution in [1.29, 1.82) is 0 Å². The predicted molar refractivity (Wildman–Crippen MR) is 54.3 cm³/mol. The highest BCUT2D eigenvalue weighted by Crippen LogP contribution is 2.25. The van der Waals surface area contributed by atoms with Crippen LogP contribution in [0.5, 0.6) is 11.5 Å². The Morgan fingerprint density at radius 1 is 1.50 bits per heavy atom. The van der Waals surface area contributed by atoms with Crippen molar-refractivity contribution < 1.29 is 14.3 Å². The Balaban J connectivity index is 3.10. The number of methoxy groups -OCH3 is 1. The Morgan fingerprint density at radius 2 is 2.21 bits per heavy atom. The molecule has 0 N–H and O–H groups in total. The lowest BCUT2D eigenvalue weighted by atomic mass is 10.2. The molecular formula is C10H11ClO3. The molecule has 0 heterocycles. The van der Waals surface area contributed by atoms with Gasteiger partial charge in [0.2, 0.25) is 0 Å². The zero-order chi connectivity index (χ0) is 10.6. The molecule has 4 heteroatoms. The minimum absolute atomic E-state index is 0.356. The smallest absolute Gasteiger partial charge is 0.256 e. The molecular weight excluding hydrogens is 204 g/mol. The number of rotatable bonds is 4. The fourth-order valence-electron chi connectivity index (χ4n) is 1.07. The maximum Gasteiger partial charge on any atom is 0.256 e. The number of hydrogen-bond donors (Lipinski definition) is 0. The molecule has 0 aromatic heterocycles. The van der Waals surface area contributed by atoms with E-state index in [9.17, 15) is 4.79 Å². The summed E-state index contributed by atoms with van der Waals surface area (Å²) in [5.74, 6) is 1.09. The van der Waals surface area contributed by atoms with E-state index in [0.717, 1.165) is 0 Å². The van der Waals surface area contributed by atoms with E-state index in [1.807, 2.05) is 6.92 Å². The lowest BCUT2D eigenvalue weighted by Crippen LogP contribution is -1.99. The lowest BCUT2D eigenvalue weighted by molar-refractivity contribution is 0.107. The van der Waals surface area contributed by atoms with Gasteiger partial charge >= 0.3 is 0 Å². The molecule has 0 unspecified atom stereocenters. The number of hydrogen-bond acceptors (Lipinski definition) is 3. The molecule has 1 aromatic rings. The van der Waals surface area contributed by atoms with Crippen LogP contribution in [0, 0.1) is 0 Å². The maximum atomic E-state index is 11.0. The standard InChI is InChI=1S/C10H11ClO3/c1-3-14-9-6-7(13-2)4-5-8(9)10(11)12/h4-6H,3H2,1-2H3. The van der Waals surface area contributed by atoms with Crippen molar-refractivity contribution in [1.82, 2.24) is 0 Å². The summed E-state index contributed by atoms with van der Waals surface area (Å²) in [7, 11) is 1.55. The quantitative estimate of drug-likeness (QED) is 0.723. The van der Waals surface area contributed by atoms with E-state index in [2.05, 4.69) is 0 Å². The Kier molecular flexibility index (Phi) is 3.77. The maximum absolute atomic E-state index is 11.0. The first-order valence-corrected chi connectivity index (χ1v) is 4.57. The van der Waals surface area contributed by atoms with Gasteiger partial charge in [0.15, 0.2) is 0 Å². The van der Waals surface area contributed by atoms with E-state index in [0.29, 0.717) is 23.7 Å². The third kappa shape index (κ3) is 2.39. The molecule has 0 aliphatic carbocycles. The molecule has 14 heavy (non-hydrogen) atoms. The normalized spacial score (nSPS) is 9.64. The lowest BCUT2D eigenvalue weighted by Gasteiger charge is -2.08. The van der Waals surface area contributed by atoms with Gasteiger partial charge in [0.05, 0.1) is 19.3 Å². The summed E-state index contributed by atoms with van der Waals surface area (Å²) in [6, 6.07) is 4.89. The van der Waals surface area contributed by atoms with E-state index >= 15 is 0 Å². The summed E-state index contributed by atoms with van der Waals surface area (Å²) >= 11 is 5.38. The summed E-state index contributed by atoms with van der Waals surface area (Å²) < 4.78 is 10.3. The highest BCUT2D eigenvalue weighted by molar-refractivity contribution is 6.68. The fraction of sp³-hybridized carbons (Fsp3) is 0.300. The van der Waals surface area contributed by atoms with Crippen LogP contribution in [-0.2, 0) is 0 Å². The Bertz CT molecular complexity index is 336. The number of carbonyl (C=O) groups is 1. The molecule has 1 aromatic carbocycles. The van der Waals surface area contributed by atoms with E-state index < -0.39 is 5.24 Å². The van der Waals surface area contributed by atoms with E-state index in [1.165, 1.54) is 0 Å². The van der Waals surface area contributed by atoms with Crippen LogP contribution >= 0.6 is 11.6 Å². The van der Waals surface area contributed by atoms with Gasteiger partial charge in [-0.15, -0.1) is 0 Å². The van der Waals surface area contributed by atoms with Gasteiger partial charge in [0.25, 0.3) is 5.24 Å².